The molecule has 1 aromatic carbocycles. The number of nitrogens with zero attached hydrogens (tertiary/aromatic N) is 2. The van der Waals surface area contributed by atoms with Crippen molar-refractivity contribution in [3.63, 3.8) is 0 Å². The van der Waals surface area contributed by atoms with E-state index in [1.165, 1.54) is 7.11 Å². The molecular weight excluding hydrogens is 320 g/mol. The summed E-state index contributed by atoms with van der Waals surface area (Å²) >= 11 is 6.15. The Morgan fingerprint density at radius 3 is 3.04 bits per heavy atom. The molecular formula is C16H17ClN2O4. The maximum atomic E-state index is 11.8. The second-order valence-corrected chi connectivity index (χ2v) is 5.86. The first-order chi connectivity index (χ1) is 11.1. The lowest BCUT2D eigenvalue weighted by molar-refractivity contribution is -0.146. The quantitative estimate of drug-likeness (QED) is 0.862. The van der Waals surface area contributed by atoms with Crippen LogP contribution in [0.3, 0.4) is 0 Å². The molecule has 0 aliphatic carbocycles. The first kappa shape index (κ1) is 16.0. The summed E-state index contributed by atoms with van der Waals surface area (Å²) in [6.45, 7) is 0.699. The number of likely N-dealkylation sites (tertiary alicyclic amines) is 1. The molecule has 1 aliphatic rings. The minimum absolute atomic E-state index is 0.321. The summed E-state index contributed by atoms with van der Waals surface area (Å²) in [5.41, 5.74) is 0.763. The van der Waals surface area contributed by atoms with E-state index in [1.807, 2.05) is 18.2 Å². The fraction of sp³-hybridized carbons (Fsp3) is 0.375. The molecule has 0 saturated carbocycles. The highest BCUT2D eigenvalue weighted by atomic mass is 35.5. The number of β-amino-alcohol motifs (C(OH)–C–C–N with tert-alkyl or cyclic N) is 1. The summed E-state index contributed by atoms with van der Waals surface area (Å²) < 4.78 is 10.5. The minimum Gasteiger partial charge on any atom is -0.468 e. The number of hydrogen-bond donors (Lipinski definition) is 1. The molecule has 7 heteroatoms. The van der Waals surface area contributed by atoms with E-state index in [-0.39, 0.29) is 5.97 Å². The molecule has 122 valence electrons. The fourth-order valence-corrected chi connectivity index (χ4v) is 3.01. The number of ether oxygens (including phenoxy) is 1. The van der Waals surface area contributed by atoms with Gasteiger partial charge in [-0.3, -0.25) is 9.69 Å². The lowest BCUT2D eigenvalue weighted by Gasteiger charge is -2.19. The van der Waals surface area contributed by atoms with Crippen LogP contribution in [0.25, 0.3) is 11.3 Å². The average Bonchev–Trinajstić information content (AvgIpc) is 3.14. The van der Waals surface area contributed by atoms with Crippen LogP contribution in [0.2, 0.25) is 5.02 Å². The second-order valence-electron chi connectivity index (χ2n) is 5.46. The molecule has 23 heavy (non-hydrogen) atoms. The summed E-state index contributed by atoms with van der Waals surface area (Å²) in [6.07, 6.45) is 1.40. The first-order valence-electron chi connectivity index (χ1n) is 7.28. The topological polar surface area (TPSA) is 75.8 Å². The smallest absolute Gasteiger partial charge is 0.323 e. The van der Waals surface area contributed by atoms with Crippen molar-refractivity contribution in [1.29, 1.82) is 0 Å². The third-order valence-corrected chi connectivity index (χ3v) is 4.22. The predicted octanol–water partition coefficient (Wildman–Crippen LogP) is 2.10. The molecule has 0 unspecified atom stereocenters. The van der Waals surface area contributed by atoms with Crippen LogP contribution >= 0.6 is 11.6 Å². The highest BCUT2D eigenvalue weighted by molar-refractivity contribution is 6.33. The fourth-order valence-electron chi connectivity index (χ4n) is 2.78. The summed E-state index contributed by atoms with van der Waals surface area (Å²) in [5, 5.41) is 10.4. The van der Waals surface area contributed by atoms with Crippen molar-refractivity contribution < 1.29 is 19.1 Å². The number of methoxy groups -OCH3 is 1. The average molecular weight is 337 g/mol. The van der Waals surface area contributed by atoms with Gasteiger partial charge in [0.2, 0.25) is 5.89 Å². The van der Waals surface area contributed by atoms with Gasteiger partial charge in [0.25, 0.3) is 0 Å². The molecule has 3 rings (SSSR count). The molecule has 1 N–H and O–H groups in total. The van der Waals surface area contributed by atoms with Crippen LogP contribution in [0.5, 0.6) is 0 Å². The molecule has 2 atom stereocenters. The number of benzene rings is 1. The van der Waals surface area contributed by atoms with Crippen LogP contribution in [0, 0.1) is 0 Å². The van der Waals surface area contributed by atoms with E-state index in [1.54, 1.807) is 17.2 Å². The Hall–Kier alpha value is -1.89. The van der Waals surface area contributed by atoms with Crippen LogP contribution in [0.4, 0.5) is 0 Å². The molecule has 1 aromatic heterocycles. The maximum Gasteiger partial charge on any atom is 0.323 e. The van der Waals surface area contributed by atoms with Gasteiger partial charge in [0, 0.05) is 18.5 Å². The highest BCUT2D eigenvalue weighted by Crippen LogP contribution is 2.29. The molecule has 0 bridgehead atoms. The first-order valence-corrected chi connectivity index (χ1v) is 7.66. The van der Waals surface area contributed by atoms with Gasteiger partial charge in [-0.2, -0.15) is 0 Å². The van der Waals surface area contributed by atoms with Gasteiger partial charge in [-0.05, 0) is 12.1 Å². The third-order valence-electron chi connectivity index (χ3n) is 3.89. The number of rotatable bonds is 4. The third kappa shape index (κ3) is 3.39. The molecule has 6 nitrogen and oxygen atoms in total. The van der Waals surface area contributed by atoms with Crippen molar-refractivity contribution in [2.24, 2.45) is 0 Å². The zero-order chi connectivity index (χ0) is 16.4. The van der Waals surface area contributed by atoms with Gasteiger partial charge < -0.3 is 14.3 Å². The summed E-state index contributed by atoms with van der Waals surface area (Å²) in [5.74, 6) is 0.669. The number of aliphatic hydroxyl groups is 1. The van der Waals surface area contributed by atoms with Gasteiger partial charge in [0.1, 0.15) is 6.04 Å². The number of oxazole rings is 1. The van der Waals surface area contributed by atoms with Gasteiger partial charge in [-0.25, -0.2) is 4.98 Å². The summed E-state index contributed by atoms with van der Waals surface area (Å²) in [6, 6.07) is 6.86. The Balaban J connectivity index is 1.76. The maximum absolute atomic E-state index is 11.8. The van der Waals surface area contributed by atoms with Gasteiger partial charge in [0.15, 0.2) is 5.76 Å². The van der Waals surface area contributed by atoms with E-state index in [0.717, 1.165) is 5.56 Å². The van der Waals surface area contributed by atoms with Crippen LogP contribution < -0.4 is 0 Å². The predicted molar refractivity (Wildman–Crippen MR) is 83.8 cm³/mol. The molecule has 2 heterocycles. The Morgan fingerprint density at radius 2 is 2.30 bits per heavy atom. The van der Waals surface area contributed by atoms with Crippen LogP contribution in [-0.4, -0.2) is 46.8 Å². The Labute approximate surface area is 138 Å². The number of esters is 1. The number of carbonyl (C=O) groups excluding carboxylic acids is 1. The van der Waals surface area contributed by atoms with Gasteiger partial charge >= 0.3 is 5.97 Å². The van der Waals surface area contributed by atoms with E-state index in [4.69, 9.17) is 20.8 Å². The van der Waals surface area contributed by atoms with Crippen molar-refractivity contribution in [2.45, 2.75) is 25.1 Å². The number of aliphatic hydroxyl groups excluding tert-OH is 1. The molecule has 1 saturated heterocycles. The monoisotopic (exact) mass is 336 g/mol. The zero-order valence-corrected chi connectivity index (χ0v) is 13.4. The van der Waals surface area contributed by atoms with Crippen molar-refractivity contribution in [2.75, 3.05) is 13.7 Å². The van der Waals surface area contributed by atoms with E-state index >= 15 is 0 Å². The summed E-state index contributed by atoms with van der Waals surface area (Å²) in [4.78, 5) is 17.8. The lowest BCUT2D eigenvalue weighted by Crippen LogP contribution is -2.36. The van der Waals surface area contributed by atoms with E-state index < -0.39 is 12.1 Å². The van der Waals surface area contributed by atoms with Crippen LogP contribution in [0.1, 0.15) is 12.3 Å². The normalized spacial score (nSPS) is 21.5. The van der Waals surface area contributed by atoms with Gasteiger partial charge in [-0.1, -0.05) is 23.7 Å². The molecule has 0 amide bonds. The highest BCUT2D eigenvalue weighted by Gasteiger charge is 2.37. The molecule has 0 radical (unpaired) electrons. The van der Waals surface area contributed by atoms with E-state index in [9.17, 15) is 9.90 Å². The number of carbonyl (C=O) groups is 1. The lowest BCUT2D eigenvalue weighted by atomic mass is 10.2. The number of hydrogen-bond acceptors (Lipinski definition) is 6. The number of aromatic nitrogens is 1. The SMILES string of the molecule is COC(=O)[C@H]1C[C@H](O)CN1Cc1ncc(-c2ccccc2Cl)o1. The molecule has 1 aliphatic heterocycles. The minimum atomic E-state index is -0.558. The molecule has 1 fully saturated rings. The van der Waals surface area contributed by atoms with Crippen molar-refractivity contribution in [1.82, 2.24) is 9.88 Å². The summed E-state index contributed by atoms with van der Waals surface area (Å²) in [7, 11) is 1.34. The van der Waals surface area contributed by atoms with Crippen LogP contribution in [0.15, 0.2) is 34.9 Å². The second kappa shape index (κ2) is 6.70. The Bertz CT molecular complexity index is 703. The molecule has 2 aromatic rings. The van der Waals surface area contributed by atoms with Gasteiger partial charge in [-0.15, -0.1) is 0 Å². The van der Waals surface area contributed by atoms with Crippen molar-refractivity contribution in [3.05, 3.63) is 41.4 Å². The Kier molecular flexibility index (Phi) is 4.66. The van der Waals surface area contributed by atoms with Crippen molar-refractivity contribution >= 4 is 17.6 Å². The number of halogens is 1. The van der Waals surface area contributed by atoms with Crippen LogP contribution in [-0.2, 0) is 16.1 Å². The zero-order valence-electron chi connectivity index (χ0n) is 12.6. The Morgan fingerprint density at radius 1 is 1.52 bits per heavy atom. The molecule has 0 spiro atoms. The van der Waals surface area contributed by atoms with Gasteiger partial charge in [0.05, 0.1) is 31.0 Å². The van der Waals surface area contributed by atoms with E-state index in [2.05, 4.69) is 4.98 Å². The van der Waals surface area contributed by atoms with Crippen molar-refractivity contribution in [3.8, 4) is 11.3 Å². The van der Waals surface area contributed by atoms with E-state index in [0.29, 0.717) is 36.2 Å². The largest absolute Gasteiger partial charge is 0.468 e. The standard InChI is InChI=1S/C16H17ClN2O4/c1-22-16(21)13-6-10(20)8-19(13)9-15-18-7-14(23-15)11-4-2-3-5-12(11)17/h2-5,7,10,13,20H,6,8-9H2,1H3/t10-,13+/m0/s1.